The second-order valence-corrected chi connectivity index (χ2v) is 7.65. The Hall–Kier alpha value is -1.95. The number of likely N-dealkylation sites (N-methyl/N-ethyl adjacent to an activating group) is 2. The quantitative estimate of drug-likeness (QED) is 0.256. The first kappa shape index (κ1) is 28.1. The molecule has 9 nitrogen and oxygen atoms in total. The van der Waals surface area contributed by atoms with Crippen LogP contribution >= 0.6 is 24.0 Å². The smallest absolute Gasteiger partial charge is 0.241 e. The van der Waals surface area contributed by atoms with Gasteiger partial charge in [-0.15, -0.1) is 24.0 Å². The minimum Gasteiger partial charge on any atom is -0.493 e. The highest BCUT2D eigenvalue weighted by molar-refractivity contribution is 14.0. The zero-order valence-corrected chi connectivity index (χ0v) is 22.4. The van der Waals surface area contributed by atoms with E-state index in [2.05, 4.69) is 22.5 Å². The van der Waals surface area contributed by atoms with Gasteiger partial charge in [0.05, 0.1) is 34.4 Å². The Morgan fingerprint density at radius 2 is 1.81 bits per heavy atom. The Morgan fingerprint density at radius 3 is 2.34 bits per heavy atom. The molecule has 2 N–H and O–H groups in total. The highest BCUT2D eigenvalue weighted by Crippen LogP contribution is 2.38. The molecule has 182 valence electrons. The summed E-state index contributed by atoms with van der Waals surface area (Å²) < 4.78 is 16.2. The van der Waals surface area contributed by atoms with Crippen molar-refractivity contribution in [3.8, 4) is 17.2 Å². The maximum atomic E-state index is 12.0. The lowest BCUT2D eigenvalue weighted by atomic mass is 10.2. The Morgan fingerprint density at radius 1 is 1.16 bits per heavy atom. The van der Waals surface area contributed by atoms with E-state index in [1.807, 2.05) is 12.1 Å². The third-order valence-electron chi connectivity index (χ3n) is 5.46. The summed E-state index contributed by atoms with van der Waals surface area (Å²) >= 11 is 0. The molecule has 1 unspecified atom stereocenters. The first-order valence-electron chi connectivity index (χ1n) is 10.7. The number of likely N-dealkylation sites (tertiary alicyclic amines) is 1. The lowest BCUT2D eigenvalue weighted by Gasteiger charge is -2.24. The number of nitrogens with zero attached hydrogens (tertiary/aromatic N) is 3. The van der Waals surface area contributed by atoms with Crippen LogP contribution in [-0.2, 0) is 11.3 Å². The van der Waals surface area contributed by atoms with Gasteiger partial charge in [-0.2, -0.15) is 0 Å². The van der Waals surface area contributed by atoms with Gasteiger partial charge in [-0.05, 0) is 43.6 Å². The van der Waals surface area contributed by atoms with E-state index in [-0.39, 0.29) is 36.4 Å². The van der Waals surface area contributed by atoms with E-state index in [0.29, 0.717) is 35.8 Å². The summed E-state index contributed by atoms with van der Waals surface area (Å²) in [5.74, 6) is 2.31. The van der Waals surface area contributed by atoms with Gasteiger partial charge < -0.3 is 29.7 Å². The van der Waals surface area contributed by atoms with Crippen LogP contribution in [0, 0.1) is 0 Å². The van der Waals surface area contributed by atoms with Crippen LogP contribution in [0.5, 0.6) is 17.2 Å². The summed E-state index contributed by atoms with van der Waals surface area (Å²) in [5.41, 5.74) is 0.908. The van der Waals surface area contributed by atoms with Crippen LogP contribution in [0.4, 0.5) is 0 Å². The van der Waals surface area contributed by atoms with Crippen molar-refractivity contribution in [1.82, 2.24) is 20.4 Å². The molecule has 1 aliphatic heterocycles. The molecular weight excluding hydrogens is 525 g/mol. The second-order valence-electron chi connectivity index (χ2n) is 7.65. The molecule has 10 heteroatoms. The highest BCUT2D eigenvalue weighted by atomic mass is 127. The summed E-state index contributed by atoms with van der Waals surface area (Å²) in [4.78, 5) is 20.8. The molecule has 1 saturated heterocycles. The van der Waals surface area contributed by atoms with Crippen molar-refractivity contribution >= 4 is 35.8 Å². The number of guanidine groups is 1. The number of ether oxygens (including phenoxy) is 3. The molecule has 0 spiro atoms. The van der Waals surface area contributed by atoms with Gasteiger partial charge in [0.2, 0.25) is 11.7 Å². The Labute approximate surface area is 208 Å². The number of amides is 1. The van der Waals surface area contributed by atoms with Crippen LogP contribution < -0.4 is 24.8 Å². The van der Waals surface area contributed by atoms with Gasteiger partial charge in [-0.25, -0.2) is 4.99 Å². The molecule has 32 heavy (non-hydrogen) atoms. The minimum absolute atomic E-state index is 0. The Bertz CT molecular complexity index is 735. The third kappa shape index (κ3) is 7.88. The van der Waals surface area contributed by atoms with E-state index >= 15 is 0 Å². The number of aliphatic imine (C=N–C) groups is 1. The van der Waals surface area contributed by atoms with E-state index in [9.17, 15) is 4.79 Å². The van der Waals surface area contributed by atoms with Gasteiger partial charge in [0.15, 0.2) is 17.5 Å². The summed E-state index contributed by atoms with van der Waals surface area (Å²) in [6.45, 7) is 5.71. The average Bonchev–Trinajstić information content (AvgIpc) is 3.24. The molecule has 0 aromatic heterocycles. The lowest BCUT2D eigenvalue weighted by molar-refractivity contribution is -0.127. The van der Waals surface area contributed by atoms with Crippen molar-refractivity contribution in [2.45, 2.75) is 32.4 Å². The number of hydrogen-bond acceptors (Lipinski definition) is 6. The van der Waals surface area contributed by atoms with Gasteiger partial charge in [-0.1, -0.05) is 6.92 Å². The summed E-state index contributed by atoms with van der Waals surface area (Å²) in [6, 6.07) is 4.23. The van der Waals surface area contributed by atoms with E-state index in [1.165, 1.54) is 6.42 Å². The number of carbonyl (C=O) groups is 1. The predicted molar refractivity (Wildman–Crippen MR) is 138 cm³/mol. The maximum Gasteiger partial charge on any atom is 0.241 e. The highest BCUT2D eigenvalue weighted by Gasteiger charge is 2.23. The predicted octanol–water partition coefficient (Wildman–Crippen LogP) is 1.94. The number of carbonyl (C=O) groups excluding carboxylic acids is 1. The second kappa shape index (κ2) is 14.2. The van der Waals surface area contributed by atoms with Crippen molar-refractivity contribution in [3.05, 3.63) is 17.7 Å². The molecule has 1 atom stereocenters. The van der Waals surface area contributed by atoms with Gasteiger partial charge in [0.25, 0.3) is 0 Å². The molecule has 2 rings (SSSR count). The number of benzene rings is 1. The first-order chi connectivity index (χ1) is 14.9. The molecule has 0 saturated carbocycles. The number of hydrogen-bond donors (Lipinski definition) is 2. The number of rotatable bonds is 10. The van der Waals surface area contributed by atoms with Gasteiger partial charge in [0.1, 0.15) is 0 Å². The SMILES string of the molecule is CCN1CCCC1CNC(=NCc1cc(OC)c(OC)c(OC)c1)NCC(=O)N(C)C.I. The molecule has 1 aliphatic rings. The van der Waals surface area contributed by atoms with Crippen LogP contribution in [0.2, 0.25) is 0 Å². The van der Waals surface area contributed by atoms with E-state index in [4.69, 9.17) is 19.2 Å². The topological polar surface area (TPSA) is 87.7 Å². The molecule has 1 heterocycles. The number of nitrogens with one attached hydrogen (secondary N) is 2. The first-order valence-corrected chi connectivity index (χ1v) is 10.7. The van der Waals surface area contributed by atoms with E-state index in [1.54, 1.807) is 40.3 Å². The van der Waals surface area contributed by atoms with Gasteiger partial charge >= 0.3 is 0 Å². The van der Waals surface area contributed by atoms with Gasteiger partial charge in [0, 0.05) is 26.7 Å². The van der Waals surface area contributed by atoms with Crippen molar-refractivity contribution in [2.75, 3.05) is 61.6 Å². The van der Waals surface area contributed by atoms with Crippen molar-refractivity contribution < 1.29 is 19.0 Å². The fraction of sp³-hybridized carbons (Fsp3) is 0.636. The number of methoxy groups -OCH3 is 3. The fourth-order valence-electron chi connectivity index (χ4n) is 3.65. The van der Waals surface area contributed by atoms with Crippen LogP contribution in [0.3, 0.4) is 0 Å². The van der Waals surface area contributed by atoms with Crippen LogP contribution in [0.1, 0.15) is 25.3 Å². The molecular formula is C22H38IN5O4. The minimum atomic E-state index is -0.0154. The summed E-state index contributed by atoms with van der Waals surface area (Å²) in [5, 5.41) is 6.56. The van der Waals surface area contributed by atoms with E-state index in [0.717, 1.165) is 31.6 Å². The zero-order chi connectivity index (χ0) is 22.8. The molecule has 1 fully saturated rings. The van der Waals surface area contributed by atoms with Gasteiger partial charge in [-0.3, -0.25) is 9.69 Å². The summed E-state index contributed by atoms with van der Waals surface area (Å²) in [6.07, 6.45) is 2.38. The third-order valence-corrected chi connectivity index (χ3v) is 5.46. The standard InChI is InChI=1S/C22H37N5O4.HI/c1-7-27-10-8-9-17(27)14-24-22(25-15-20(28)26(2)3)23-13-16-11-18(29-4)21(31-6)19(12-16)30-5;/h11-12,17H,7-10,13-15H2,1-6H3,(H2,23,24,25);1H. The molecule has 0 radical (unpaired) electrons. The Kier molecular flexibility index (Phi) is 12.5. The van der Waals surface area contributed by atoms with Crippen molar-refractivity contribution in [3.63, 3.8) is 0 Å². The molecule has 0 bridgehead atoms. The van der Waals surface area contributed by atoms with E-state index < -0.39 is 0 Å². The maximum absolute atomic E-state index is 12.0. The monoisotopic (exact) mass is 563 g/mol. The van der Waals surface area contributed by atoms with Crippen LogP contribution in [0.25, 0.3) is 0 Å². The zero-order valence-electron chi connectivity index (χ0n) is 20.1. The summed E-state index contributed by atoms with van der Waals surface area (Å²) in [7, 11) is 8.23. The number of halogens is 1. The largest absolute Gasteiger partial charge is 0.493 e. The van der Waals surface area contributed by atoms with Crippen LogP contribution in [-0.4, -0.2) is 89.3 Å². The van der Waals surface area contributed by atoms with Crippen LogP contribution in [0.15, 0.2) is 17.1 Å². The molecule has 0 aliphatic carbocycles. The molecule has 1 amide bonds. The van der Waals surface area contributed by atoms with Crippen molar-refractivity contribution in [2.24, 2.45) is 4.99 Å². The lowest BCUT2D eigenvalue weighted by Crippen LogP contribution is -2.47. The van der Waals surface area contributed by atoms with Crippen molar-refractivity contribution in [1.29, 1.82) is 0 Å². The fourth-order valence-corrected chi connectivity index (χ4v) is 3.65. The molecule has 1 aromatic rings. The average molecular weight is 563 g/mol. The molecule has 1 aromatic carbocycles. The Balaban J connectivity index is 0.00000512. The normalized spacial score (nSPS) is 16.2.